The van der Waals surface area contributed by atoms with Crippen molar-refractivity contribution < 1.29 is 4.74 Å². The molecule has 0 unspecified atom stereocenters. The maximum Gasteiger partial charge on any atom is 0.127 e. The molecule has 3 nitrogen and oxygen atoms in total. The first-order valence-electron chi connectivity index (χ1n) is 14.7. The van der Waals surface area contributed by atoms with E-state index in [1.165, 1.54) is 16.7 Å². The van der Waals surface area contributed by atoms with Gasteiger partial charge in [0.15, 0.2) is 0 Å². The maximum atomic E-state index is 6.22. The van der Waals surface area contributed by atoms with E-state index in [1.54, 1.807) is 0 Å². The molecule has 0 fully saturated rings. The average Bonchev–Trinajstić information content (AvgIpc) is 3.07. The molecule has 0 atom stereocenters. The Kier molecular flexibility index (Phi) is 8.51. The number of allylic oxidation sites excluding steroid dienone is 2. The van der Waals surface area contributed by atoms with Gasteiger partial charge in [-0.15, -0.1) is 0 Å². The Morgan fingerprint density at radius 1 is 0.744 bits per heavy atom. The Morgan fingerprint density at radius 2 is 1.40 bits per heavy atom. The summed E-state index contributed by atoms with van der Waals surface area (Å²) in [4.78, 5) is 9.67. The van der Waals surface area contributed by atoms with E-state index in [4.69, 9.17) is 9.73 Å². The monoisotopic (exact) mass is 558 g/mol. The van der Waals surface area contributed by atoms with E-state index < -0.39 is 0 Å². The molecule has 0 radical (unpaired) electrons. The SMILES string of the molecule is C=C(/N=C(\C/C=C(/C)c1ccccc1)c1ccc(Oc2ccc(-c3cccc4c3N=CCC4)cc2)cc1)c1ccccc1. The summed E-state index contributed by atoms with van der Waals surface area (Å²) in [5, 5.41) is 0. The fraction of sp³-hybridized carbons (Fsp3) is 0.100. The summed E-state index contributed by atoms with van der Waals surface area (Å²) in [6.07, 6.45) is 6.97. The molecule has 1 heterocycles. The lowest BCUT2D eigenvalue weighted by molar-refractivity contribution is 0.483. The van der Waals surface area contributed by atoms with Crippen LogP contribution in [0.3, 0.4) is 0 Å². The van der Waals surface area contributed by atoms with Crippen LogP contribution in [0.1, 0.15) is 42.0 Å². The minimum Gasteiger partial charge on any atom is -0.457 e. The lowest BCUT2D eigenvalue weighted by Crippen LogP contribution is -2.01. The van der Waals surface area contributed by atoms with Crippen LogP contribution in [0.25, 0.3) is 22.4 Å². The van der Waals surface area contributed by atoms with Crippen molar-refractivity contribution in [1.82, 2.24) is 0 Å². The van der Waals surface area contributed by atoms with Gasteiger partial charge in [0.05, 0.1) is 17.1 Å². The van der Waals surface area contributed by atoms with Crippen molar-refractivity contribution in [2.75, 3.05) is 0 Å². The third kappa shape index (κ3) is 6.79. The zero-order valence-electron chi connectivity index (χ0n) is 24.4. The van der Waals surface area contributed by atoms with Gasteiger partial charge in [0, 0.05) is 18.2 Å². The number of hydrogen-bond donors (Lipinski definition) is 0. The largest absolute Gasteiger partial charge is 0.457 e. The van der Waals surface area contributed by atoms with Gasteiger partial charge in [-0.05, 0) is 89.6 Å². The number of fused-ring (bicyclic) bond motifs is 1. The Hall–Kier alpha value is -5.28. The molecule has 5 aromatic rings. The minimum atomic E-state index is 0.682. The third-order valence-electron chi connectivity index (χ3n) is 7.68. The Labute approximate surface area is 254 Å². The predicted octanol–water partition coefficient (Wildman–Crippen LogP) is 10.7. The fourth-order valence-electron chi connectivity index (χ4n) is 5.26. The van der Waals surface area contributed by atoms with Crippen molar-refractivity contribution in [3.63, 3.8) is 0 Å². The van der Waals surface area contributed by atoms with Crippen LogP contribution >= 0.6 is 0 Å². The van der Waals surface area contributed by atoms with E-state index in [9.17, 15) is 0 Å². The number of benzene rings is 5. The lowest BCUT2D eigenvalue weighted by Gasteiger charge is -2.14. The van der Waals surface area contributed by atoms with E-state index in [0.717, 1.165) is 63.7 Å². The molecule has 0 spiro atoms. The highest BCUT2D eigenvalue weighted by Gasteiger charge is 2.12. The maximum absolute atomic E-state index is 6.22. The molecule has 0 bridgehead atoms. The van der Waals surface area contributed by atoms with Crippen LogP contribution in [-0.2, 0) is 6.42 Å². The van der Waals surface area contributed by atoms with Crippen molar-refractivity contribution >= 4 is 28.9 Å². The van der Waals surface area contributed by atoms with E-state index in [1.807, 2.05) is 66.9 Å². The smallest absolute Gasteiger partial charge is 0.127 e. The van der Waals surface area contributed by atoms with Crippen LogP contribution in [0.2, 0.25) is 0 Å². The Bertz CT molecular complexity index is 1800. The van der Waals surface area contributed by atoms with Crippen molar-refractivity contribution in [3.8, 4) is 22.6 Å². The molecule has 0 aliphatic carbocycles. The third-order valence-corrected chi connectivity index (χ3v) is 7.68. The summed E-state index contributed by atoms with van der Waals surface area (Å²) in [5.74, 6) is 1.56. The number of ether oxygens (including phenoxy) is 1. The molecular formula is C40H34N2O. The van der Waals surface area contributed by atoms with Crippen LogP contribution < -0.4 is 4.74 Å². The summed E-state index contributed by atoms with van der Waals surface area (Å²) >= 11 is 0. The van der Waals surface area contributed by atoms with Gasteiger partial charge in [-0.25, -0.2) is 0 Å². The number of hydrogen-bond acceptors (Lipinski definition) is 3. The highest BCUT2D eigenvalue weighted by Crippen LogP contribution is 2.36. The summed E-state index contributed by atoms with van der Waals surface area (Å²) in [5.41, 5.74) is 10.8. The van der Waals surface area contributed by atoms with Crippen LogP contribution in [-0.4, -0.2) is 11.9 Å². The summed E-state index contributed by atoms with van der Waals surface area (Å²) in [6, 6.07) is 43.3. The van der Waals surface area contributed by atoms with E-state index >= 15 is 0 Å². The predicted molar refractivity (Wildman–Crippen MR) is 182 cm³/mol. The van der Waals surface area contributed by atoms with Crippen molar-refractivity contribution in [2.24, 2.45) is 9.98 Å². The molecule has 210 valence electrons. The normalized spacial score (nSPS) is 13.0. The van der Waals surface area contributed by atoms with E-state index in [-0.39, 0.29) is 0 Å². The molecular weight excluding hydrogens is 524 g/mol. The first-order valence-corrected chi connectivity index (χ1v) is 14.7. The second-order valence-electron chi connectivity index (χ2n) is 10.6. The van der Waals surface area contributed by atoms with Gasteiger partial charge < -0.3 is 4.74 Å². The molecule has 6 rings (SSSR count). The number of aryl methyl sites for hydroxylation is 1. The molecule has 1 aliphatic rings. The zero-order valence-corrected chi connectivity index (χ0v) is 24.4. The first kappa shape index (κ1) is 27.9. The van der Waals surface area contributed by atoms with Gasteiger partial charge in [-0.2, -0.15) is 0 Å². The number of aliphatic imine (C=N–C) groups is 2. The standard InChI is InChI=1S/C40H34N2O/c1-29(31-11-5-3-6-12-31)18-27-39(42-30(2)32-13-7-4-8-14-32)34-21-25-37(26-22-34)43-36-23-19-33(20-24-36)38-17-9-15-35-16-10-28-41-40(35)38/h3-9,11-15,17-26,28H,2,10,16,27H2,1H3/b29-18-,42-39+. The molecule has 0 saturated heterocycles. The molecule has 0 amide bonds. The van der Waals surface area contributed by atoms with Gasteiger partial charge >= 0.3 is 0 Å². The molecule has 0 saturated carbocycles. The zero-order chi connectivity index (χ0) is 29.4. The Balaban J connectivity index is 1.21. The molecule has 0 aromatic heterocycles. The van der Waals surface area contributed by atoms with Gasteiger partial charge in [0.2, 0.25) is 0 Å². The van der Waals surface area contributed by atoms with Crippen molar-refractivity contribution in [1.29, 1.82) is 0 Å². The minimum absolute atomic E-state index is 0.682. The number of para-hydroxylation sites is 1. The summed E-state index contributed by atoms with van der Waals surface area (Å²) in [6.45, 7) is 6.40. The van der Waals surface area contributed by atoms with Crippen LogP contribution in [0, 0.1) is 0 Å². The van der Waals surface area contributed by atoms with E-state index in [0.29, 0.717) is 6.42 Å². The van der Waals surface area contributed by atoms with Gasteiger partial charge in [0.1, 0.15) is 11.5 Å². The molecule has 3 heteroatoms. The number of rotatable bonds is 9. The van der Waals surface area contributed by atoms with Gasteiger partial charge in [-0.1, -0.05) is 104 Å². The Morgan fingerprint density at radius 3 is 2.09 bits per heavy atom. The second-order valence-corrected chi connectivity index (χ2v) is 10.6. The average molecular weight is 559 g/mol. The van der Waals surface area contributed by atoms with Crippen LogP contribution in [0.15, 0.2) is 150 Å². The fourth-order valence-corrected chi connectivity index (χ4v) is 5.26. The quantitative estimate of drug-likeness (QED) is 0.166. The topological polar surface area (TPSA) is 34.0 Å². The summed E-state index contributed by atoms with van der Waals surface area (Å²) < 4.78 is 6.22. The molecule has 1 aliphatic heterocycles. The van der Waals surface area contributed by atoms with Crippen molar-refractivity contribution in [3.05, 3.63) is 162 Å². The highest BCUT2D eigenvalue weighted by molar-refractivity contribution is 6.04. The van der Waals surface area contributed by atoms with Gasteiger partial charge in [0.25, 0.3) is 0 Å². The molecule has 43 heavy (non-hydrogen) atoms. The molecule has 5 aromatic carbocycles. The number of nitrogens with zero attached hydrogens (tertiary/aromatic N) is 2. The molecule has 0 N–H and O–H groups in total. The highest BCUT2D eigenvalue weighted by atomic mass is 16.5. The van der Waals surface area contributed by atoms with E-state index in [2.05, 4.69) is 91.3 Å². The first-order chi connectivity index (χ1) is 21.1. The lowest BCUT2D eigenvalue weighted by atomic mass is 9.96. The second kappa shape index (κ2) is 13.1. The van der Waals surface area contributed by atoms with Gasteiger partial charge in [-0.3, -0.25) is 9.98 Å². The van der Waals surface area contributed by atoms with Crippen LogP contribution in [0.5, 0.6) is 11.5 Å². The van der Waals surface area contributed by atoms with Crippen molar-refractivity contribution in [2.45, 2.75) is 26.2 Å². The van der Waals surface area contributed by atoms with Crippen LogP contribution in [0.4, 0.5) is 5.69 Å². The summed E-state index contributed by atoms with van der Waals surface area (Å²) in [7, 11) is 0.